The van der Waals surface area contributed by atoms with Gasteiger partial charge in [0.05, 0.1) is 5.75 Å². The van der Waals surface area contributed by atoms with Crippen molar-refractivity contribution < 1.29 is 14.3 Å². The molecule has 1 aliphatic heterocycles. The smallest absolute Gasteiger partial charge is 0.231 e. The molecule has 27 heavy (non-hydrogen) atoms. The van der Waals surface area contributed by atoms with E-state index in [1.807, 2.05) is 38.1 Å². The first-order valence-corrected chi connectivity index (χ1v) is 9.39. The van der Waals surface area contributed by atoms with E-state index >= 15 is 0 Å². The van der Waals surface area contributed by atoms with Crippen LogP contribution in [0, 0.1) is 13.8 Å². The first-order chi connectivity index (χ1) is 13.0. The lowest BCUT2D eigenvalue weighted by Crippen LogP contribution is -2.07. The summed E-state index contributed by atoms with van der Waals surface area (Å²) in [5.41, 5.74) is 9.27. The summed E-state index contributed by atoms with van der Waals surface area (Å²) in [7, 11) is 0. The van der Waals surface area contributed by atoms with Crippen LogP contribution in [0.2, 0.25) is 0 Å². The lowest BCUT2D eigenvalue weighted by Gasteiger charge is -2.10. The summed E-state index contributed by atoms with van der Waals surface area (Å²) in [6.07, 6.45) is 0. The van der Waals surface area contributed by atoms with Crippen LogP contribution in [0.3, 0.4) is 0 Å². The van der Waals surface area contributed by atoms with Crippen molar-refractivity contribution in [1.82, 2.24) is 19.7 Å². The van der Waals surface area contributed by atoms with Gasteiger partial charge in [-0.25, -0.2) is 5.10 Å². The number of carbonyl (C=O) groups is 1. The Morgan fingerprint density at radius 3 is 2.89 bits per heavy atom. The number of hydrogen-bond acceptors (Lipinski definition) is 7. The number of rotatable bonds is 6. The summed E-state index contributed by atoms with van der Waals surface area (Å²) in [6.45, 7) is 4.88. The number of hydrogen-bond donors (Lipinski definition) is 2. The molecule has 1 aromatic carbocycles. The molecule has 0 amide bonds. The molecule has 0 unspecified atom stereocenters. The number of aryl methyl sites for hydroxylation is 1. The van der Waals surface area contributed by atoms with Crippen LogP contribution in [0.4, 0.5) is 5.95 Å². The maximum atomic E-state index is 12.6. The Morgan fingerprint density at radius 1 is 1.30 bits per heavy atom. The Labute approximate surface area is 160 Å². The zero-order valence-corrected chi connectivity index (χ0v) is 15.8. The van der Waals surface area contributed by atoms with Crippen LogP contribution in [-0.2, 0) is 6.54 Å². The monoisotopic (exact) mass is 385 g/mol. The molecule has 0 atom stereocenters. The van der Waals surface area contributed by atoms with Gasteiger partial charge in [0.1, 0.15) is 0 Å². The number of aromatic nitrogens is 4. The fraction of sp³-hybridized carbons (Fsp3) is 0.278. The molecular weight excluding hydrogens is 366 g/mol. The second-order valence-corrected chi connectivity index (χ2v) is 7.22. The van der Waals surface area contributed by atoms with Gasteiger partial charge in [-0.15, -0.1) is 5.10 Å². The number of H-pyrrole nitrogens is 1. The Kier molecular flexibility index (Phi) is 4.53. The highest BCUT2D eigenvalue weighted by Gasteiger charge is 2.18. The summed E-state index contributed by atoms with van der Waals surface area (Å²) in [5, 5.41) is 6.96. The fourth-order valence-electron chi connectivity index (χ4n) is 3.08. The second kappa shape index (κ2) is 6.99. The van der Waals surface area contributed by atoms with Crippen LogP contribution >= 0.6 is 11.8 Å². The minimum atomic E-state index is 0.0356. The normalized spacial score (nSPS) is 12.5. The van der Waals surface area contributed by atoms with Gasteiger partial charge < -0.3 is 19.8 Å². The summed E-state index contributed by atoms with van der Waals surface area (Å²) >= 11 is 1.26. The van der Waals surface area contributed by atoms with Crippen molar-refractivity contribution in [3.8, 4) is 11.5 Å². The molecular formula is C18H19N5O3S. The number of ketones is 1. The molecule has 0 saturated heterocycles. The summed E-state index contributed by atoms with van der Waals surface area (Å²) in [6, 6.07) is 7.83. The Hall–Kier alpha value is -2.94. The van der Waals surface area contributed by atoms with Gasteiger partial charge in [-0.1, -0.05) is 17.8 Å². The van der Waals surface area contributed by atoms with Crippen molar-refractivity contribution in [3.05, 3.63) is 46.8 Å². The van der Waals surface area contributed by atoms with Crippen LogP contribution in [0.1, 0.15) is 27.3 Å². The van der Waals surface area contributed by atoms with Gasteiger partial charge in [-0.3, -0.25) is 4.79 Å². The summed E-state index contributed by atoms with van der Waals surface area (Å²) in [5.74, 6) is 2.06. The lowest BCUT2D eigenvalue weighted by atomic mass is 10.1. The molecule has 0 spiro atoms. The minimum Gasteiger partial charge on any atom is -0.454 e. The third kappa shape index (κ3) is 3.50. The SMILES string of the molecule is Cc1cc(C(=O)CSc2n[nH]c(N)n2)c(C)n1Cc1ccc2c(c1)OCO2. The zero-order valence-electron chi connectivity index (χ0n) is 15.0. The Morgan fingerprint density at radius 2 is 2.11 bits per heavy atom. The predicted molar refractivity (Wildman–Crippen MR) is 101 cm³/mol. The van der Waals surface area contributed by atoms with Crippen LogP contribution in [0.5, 0.6) is 11.5 Å². The molecule has 0 fully saturated rings. The van der Waals surface area contributed by atoms with Crippen molar-refractivity contribution in [3.63, 3.8) is 0 Å². The summed E-state index contributed by atoms with van der Waals surface area (Å²) in [4.78, 5) is 16.6. The van der Waals surface area contributed by atoms with E-state index in [1.54, 1.807) is 0 Å². The van der Waals surface area contributed by atoms with E-state index in [2.05, 4.69) is 19.7 Å². The predicted octanol–water partition coefficient (Wildman–Crippen LogP) is 2.56. The van der Waals surface area contributed by atoms with Crippen molar-refractivity contribution in [2.75, 3.05) is 18.3 Å². The van der Waals surface area contributed by atoms with Crippen LogP contribution in [0.25, 0.3) is 0 Å². The number of thioether (sulfide) groups is 1. The lowest BCUT2D eigenvalue weighted by molar-refractivity contribution is 0.102. The topological polar surface area (TPSA) is 108 Å². The average molecular weight is 385 g/mol. The van der Waals surface area contributed by atoms with Gasteiger partial charge >= 0.3 is 0 Å². The molecule has 0 aliphatic carbocycles. The van der Waals surface area contributed by atoms with E-state index in [0.29, 0.717) is 17.3 Å². The quantitative estimate of drug-likeness (QED) is 0.496. The molecule has 9 heteroatoms. The largest absolute Gasteiger partial charge is 0.454 e. The number of aromatic amines is 1. The van der Waals surface area contributed by atoms with Crippen molar-refractivity contribution >= 4 is 23.5 Å². The van der Waals surface area contributed by atoms with Crippen LogP contribution in [-0.4, -0.2) is 38.1 Å². The van der Waals surface area contributed by atoms with Gasteiger partial charge in [0, 0.05) is 23.5 Å². The Bertz CT molecular complexity index is 1010. The standard InChI is InChI=1S/C18H19N5O3S/c1-10-5-13(14(24)8-27-18-20-17(19)21-22-18)11(2)23(10)7-12-3-4-15-16(6-12)26-9-25-15/h3-6H,7-9H2,1-2H3,(H3,19,20,21,22). The van der Waals surface area contributed by atoms with Gasteiger partial charge in [0.2, 0.25) is 17.9 Å². The maximum Gasteiger partial charge on any atom is 0.231 e. The highest BCUT2D eigenvalue weighted by atomic mass is 32.2. The first-order valence-electron chi connectivity index (χ1n) is 8.40. The molecule has 140 valence electrons. The molecule has 4 rings (SSSR count). The molecule has 0 saturated carbocycles. The second-order valence-electron chi connectivity index (χ2n) is 6.27. The molecule has 8 nitrogen and oxygen atoms in total. The van der Waals surface area contributed by atoms with E-state index in [1.165, 1.54) is 11.8 Å². The highest BCUT2D eigenvalue weighted by molar-refractivity contribution is 7.99. The van der Waals surface area contributed by atoms with E-state index in [9.17, 15) is 4.79 Å². The van der Waals surface area contributed by atoms with Gasteiger partial charge in [-0.2, -0.15) is 4.98 Å². The number of nitrogens with zero attached hydrogens (tertiary/aromatic N) is 3. The fourth-order valence-corrected chi connectivity index (χ4v) is 3.77. The molecule has 3 aromatic rings. The zero-order chi connectivity index (χ0) is 19.0. The number of anilines is 1. The molecule has 3 heterocycles. The molecule has 0 radical (unpaired) electrons. The van der Waals surface area contributed by atoms with Gasteiger partial charge in [0.15, 0.2) is 17.3 Å². The number of Topliss-reactive ketones (excluding diaryl/α,β-unsaturated/α-hetero) is 1. The number of benzene rings is 1. The number of nitrogen functional groups attached to an aromatic ring is 1. The number of nitrogens with one attached hydrogen (secondary N) is 1. The van der Waals surface area contributed by atoms with E-state index in [-0.39, 0.29) is 24.3 Å². The van der Waals surface area contributed by atoms with Gasteiger partial charge in [-0.05, 0) is 37.6 Å². The number of fused-ring (bicyclic) bond motifs is 1. The minimum absolute atomic E-state index is 0.0356. The molecule has 0 bridgehead atoms. The third-order valence-electron chi connectivity index (χ3n) is 4.47. The number of carbonyl (C=O) groups excluding carboxylic acids is 1. The van der Waals surface area contributed by atoms with Crippen molar-refractivity contribution in [1.29, 1.82) is 0 Å². The molecule has 1 aliphatic rings. The number of ether oxygens (including phenoxy) is 2. The molecule has 2 aromatic heterocycles. The molecule has 3 N–H and O–H groups in total. The van der Waals surface area contributed by atoms with Crippen molar-refractivity contribution in [2.24, 2.45) is 0 Å². The van der Waals surface area contributed by atoms with Crippen molar-refractivity contribution in [2.45, 2.75) is 25.5 Å². The van der Waals surface area contributed by atoms with Crippen LogP contribution in [0.15, 0.2) is 29.4 Å². The first kappa shape index (κ1) is 17.5. The van der Waals surface area contributed by atoms with E-state index < -0.39 is 0 Å². The Balaban J connectivity index is 1.50. The summed E-state index contributed by atoms with van der Waals surface area (Å²) < 4.78 is 12.9. The maximum absolute atomic E-state index is 12.6. The average Bonchev–Trinajstić information content (AvgIpc) is 3.35. The van der Waals surface area contributed by atoms with Gasteiger partial charge in [0.25, 0.3) is 0 Å². The third-order valence-corrected chi connectivity index (χ3v) is 5.31. The number of nitrogens with two attached hydrogens (primary N) is 1. The highest BCUT2D eigenvalue weighted by Crippen LogP contribution is 2.33. The van der Waals surface area contributed by atoms with E-state index in [0.717, 1.165) is 28.5 Å². The van der Waals surface area contributed by atoms with E-state index in [4.69, 9.17) is 15.2 Å². The van der Waals surface area contributed by atoms with Crippen LogP contribution < -0.4 is 15.2 Å².